The molecule has 4 rings (SSSR count). The molecule has 8 heteroatoms. The molecular formula is C25H27FN4O3. The number of aliphatic hydroxyl groups is 1. The van der Waals surface area contributed by atoms with Gasteiger partial charge in [0.1, 0.15) is 11.4 Å². The summed E-state index contributed by atoms with van der Waals surface area (Å²) in [6.07, 6.45) is 2.69. The fraction of sp³-hybridized carbons (Fsp3) is 0.320. The highest BCUT2D eigenvalue weighted by Crippen LogP contribution is 2.40. The number of aromatic nitrogens is 2. The van der Waals surface area contributed by atoms with Crippen LogP contribution in [0.2, 0.25) is 0 Å². The molecule has 0 radical (unpaired) electrons. The summed E-state index contributed by atoms with van der Waals surface area (Å²) >= 11 is 0. The van der Waals surface area contributed by atoms with Gasteiger partial charge >= 0.3 is 6.09 Å². The summed E-state index contributed by atoms with van der Waals surface area (Å²) in [6.45, 7) is 2.43. The maximum atomic E-state index is 13.5. The van der Waals surface area contributed by atoms with Crippen LogP contribution in [0.15, 0.2) is 60.8 Å². The van der Waals surface area contributed by atoms with E-state index in [2.05, 4.69) is 9.97 Å². The van der Waals surface area contributed by atoms with Crippen molar-refractivity contribution in [2.45, 2.75) is 37.8 Å². The van der Waals surface area contributed by atoms with Crippen molar-refractivity contribution < 1.29 is 19.0 Å². The van der Waals surface area contributed by atoms with Crippen molar-refractivity contribution in [1.82, 2.24) is 14.9 Å². The number of ether oxygens (including phenoxy) is 1. The summed E-state index contributed by atoms with van der Waals surface area (Å²) in [7, 11) is 0. The molecule has 1 amide bonds. The number of cyclic esters (lactones) is 1. The van der Waals surface area contributed by atoms with Gasteiger partial charge < -0.3 is 20.5 Å². The van der Waals surface area contributed by atoms with Gasteiger partial charge in [-0.15, -0.1) is 0 Å². The van der Waals surface area contributed by atoms with Crippen LogP contribution < -0.4 is 5.73 Å². The van der Waals surface area contributed by atoms with E-state index in [0.717, 1.165) is 22.4 Å². The first-order valence-corrected chi connectivity index (χ1v) is 11.0. The lowest BCUT2D eigenvalue weighted by Gasteiger charge is -2.43. The lowest BCUT2D eigenvalue weighted by atomic mass is 9.84. The van der Waals surface area contributed by atoms with Crippen LogP contribution in [0.4, 0.5) is 15.1 Å². The summed E-state index contributed by atoms with van der Waals surface area (Å²) in [4.78, 5) is 22.9. The maximum Gasteiger partial charge on any atom is 0.411 e. The fourth-order valence-corrected chi connectivity index (χ4v) is 4.31. The van der Waals surface area contributed by atoms with Crippen LogP contribution in [0.5, 0.6) is 0 Å². The molecule has 0 saturated carbocycles. The third kappa shape index (κ3) is 4.80. The smallest absolute Gasteiger partial charge is 0.411 e. The molecule has 2 atom stereocenters. The Morgan fingerprint density at radius 3 is 2.55 bits per heavy atom. The Morgan fingerprint density at radius 2 is 1.91 bits per heavy atom. The van der Waals surface area contributed by atoms with Gasteiger partial charge in [0.25, 0.3) is 0 Å². The number of benzene rings is 2. The number of nitrogen functional groups attached to an aromatic ring is 1. The summed E-state index contributed by atoms with van der Waals surface area (Å²) in [5.41, 5.74) is 8.14. The second kappa shape index (κ2) is 9.54. The van der Waals surface area contributed by atoms with Gasteiger partial charge in [-0.2, -0.15) is 0 Å². The highest BCUT2D eigenvalue weighted by atomic mass is 19.1. The predicted octanol–water partition coefficient (Wildman–Crippen LogP) is 4.44. The van der Waals surface area contributed by atoms with Crippen LogP contribution in [0.25, 0.3) is 11.3 Å². The molecule has 3 aromatic rings. The van der Waals surface area contributed by atoms with Crippen molar-refractivity contribution >= 4 is 12.0 Å². The topological polar surface area (TPSA) is 102 Å². The number of carbonyl (C=O) groups excluding carboxylic acids is 1. The number of nitrogens with two attached hydrogens (primary N) is 1. The highest BCUT2D eigenvalue weighted by Gasteiger charge is 2.43. The van der Waals surface area contributed by atoms with Crippen molar-refractivity contribution in [1.29, 1.82) is 0 Å². The zero-order valence-corrected chi connectivity index (χ0v) is 18.4. The molecule has 1 fully saturated rings. The average Bonchev–Trinajstić information content (AvgIpc) is 2.83. The number of nitrogens with zero attached hydrogens (tertiary/aromatic N) is 3. The van der Waals surface area contributed by atoms with E-state index in [1.54, 1.807) is 29.3 Å². The SMILES string of the molecule is C[C@@H](c1ccc(-c2ccnc(N)n2)cc1)N1CC[C@](CCCO)(c2ccc(F)cc2)OC1=O. The monoisotopic (exact) mass is 450 g/mol. The van der Waals surface area contributed by atoms with Gasteiger partial charge in [0.15, 0.2) is 0 Å². The molecular weight excluding hydrogens is 423 g/mol. The first-order chi connectivity index (χ1) is 15.9. The van der Waals surface area contributed by atoms with E-state index in [1.807, 2.05) is 31.2 Å². The lowest BCUT2D eigenvalue weighted by Crippen LogP contribution is -2.48. The van der Waals surface area contributed by atoms with E-state index in [1.165, 1.54) is 12.1 Å². The van der Waals surface area contributed by atoms with Crippen molar-refractivity contribution in [3.05, 3.63) is 77.7 Å². The average molecular weight is 451 g/mol. The molecule has 0 bridgehead atoms. The molecule has 1 aliphatic heterocycles. The van der Waals surface area contributed by atoms with Gasteiger partial charge in [0.05, 0.1) is 11.7 Å². The van der Waals surface area contributed by atoms with E-state index < -0.39 is 11.7 Å². The summed E-state index contributed by atoms with van der Waals surface area (Å²) in [5.74, 6) is -0.131. The van der Waals surface area contributed by atoms with Crippen LogP contribution in [-0.2, 0) is 10.3 Å². The van der Waals surface area contributed by atoms with Crippen LogP contribution >= 0.6 is 0 Å². The number of rotatable bonds is 7. The van der Waals surface area contributed by atoms with Gasteiger partial charge in [-0.25, -0.2) is 19.2 Å². The quantitative estimate of drug-likeness (QED) is 0.552. The minimum atomic E-state index is -0.874. The van der Waals surface area contributed by atoms with Gasteiger partial charge in [-0.1, -0.05) is 36.4 Å². The minimum Gasteiger partial charge on any atom is -0.438 e. The van der Waals surface area contributed by atoms with E-state index in [4.69, 9.17) is 10.5 Å². The van der Waals surface area contributed by atoms with Crippen molar-refractivity contribution in [2.75, 3.05) is 18.9 Å². The number of amides is 1. The first kappa shape index (κ1) is 22.7. The second-order valence-corrected chi connectivity index (χ2v) is 8.24. The number of hydrogen-bond acceptors (Lipinski definition) is 6. The number of anilines is 1. The Hall–Kier alpha value is -3.52. The van der Waals surface area contributed by atoms with Crippen LogP contribution in [-0.4, -0.2) is 39.2 Å². The molecule has 2 aromatic carbocycles. The highest BCUT2D eigenvalue weighted by molar-refractivity contribution is 5.70. The predicted molar refractivity (Wildman–Crippen MR) is 122 cm³/mol. The van der Waals surface area contributed by atoms with Gasteiger partial charge in [-0.05, 0) is 49.1 Å². The molecule has 1 saturated heterocycles. The molecule has 3 N–H and O–H groups in total. The van der Waals surface area contributed by atoms with Crippen molar-refractivity contribution in [3.8, 4) is 11.3 Å². The molecule has 1 aromatic heterocycles. The standard InChI is InChI=1S/C25H27FN4O3/c1-17(18-3-5-19(6-4-18)22-11-14-28-23(27)29-22)30-15-13-25(12-2-16-31,33-24(30)32)20-7-9-21(26)10-8-20/h3-11,14,17,31H,2,12-13,15-16H2,1H3,(H2,27,28,29)/t17-,25+/m0/s1. The van der Waals surface area contributed by atoms with E-state index in [-0.39, 0.29) is 24.4 Å². The van der Waals surface area contributed by atoms with E-state index >= 15 is 0 Å². The summed E-state index contributed by atoms with van der Waals surface area (Å²) in [5, 5.41) is 9.35. The number of halogens is 1. The lowest BCUT2D eigenvalue weighted by molar-refractivity contribution is -0.0680. The molecule has 0 spiro atoms. The Kier molecular flexibility index (Phi) is 6.55. The van der Waals surface area contributed by atoms with Gasteiger partial charge in [0, 0.05) is 31.3 Å². The molecule has 1 aliphatic rings. The van der Waals surface area contributed by atoms with Crippen molar-refractivity contribution in [3.63, 3.8) is 0 Å². The molecule has 33 heavy (non-hydrogen) atoms. The molecule has 0 unspecified atom stereocenters. The van der Waals surface area contributed by atoms with E-state index in [0.29, 0.717) is 25.8 Å². The maximum absolute atomic E-state index is 13.5. The number of hydrogen-bond donors (Lipinski definition) is 2. The Bertz CT molecular complexity index is 1110. The number of aliphatic hydroxyl groups excluding tert-OH is 1. The fourth-order valence-electron chi connectivity index (χ4n) is 4.31. The second-order valence-electron chi connectivity index (χ2n) is 8.24. The zero-order valence-electron chi connectivity index (χ0n) is 18.4. The summed E-state index contributed by atoms with van der Waals surface area (Å²) < 4.78 is 19.4. The van der Waals surface area contributed by atoms with E-state index in [9.17, 15) is 14.3 Å². The molecule has 172 valence electrons. The first-order valence-electron chi connectivity index (χ1n) is 11.0. The van der Waals surface area contributed by atoms with Crippen LogP contribution in [0.3, 0.4) is 0 Å². The minimum absolute atomic E-state index is 0.00898. The van der Waals surface area contributed by atoms with Gasteiger partial charge in [-0.3, -0.25) is 0 Å². The van der Waals surface area contributed by atoms with Crippen LogP contribution in [0, 0.1) is 5.82 Å². The normalized spacial score (nSPS) is 19.2. The Morgan fingerprint density at radius 1 is 1.18 bits per heavy atom. The molecule has 7 nitrogen and oxygen atoms in total. The van der Waals surface area contributed by atoms with Gasteiger partial charge in [0.2, 0.25) is 5.95 Å². The number of carbonyl (C=O) groups is 1. The third-order valence-corrected chi connectivity index (χ3v) is 6.21. The largest absolute Gasteiger partial charge is 0.438 e. The third-order valence-electron chi connectivity index (χ3n) is 6.21. The van der Waals surface area contributed by atoms with Crippen LogP contribution in [0.1, 0.15) is 43.4 Å². The Balaban J connectivity index is 1.51. The molecule has 2 heterocycles. The molecule has 0 aliphatic carbocycles. The van der Waals surface area contributed by atoms with Crippen molar-refractivity contribution in [2.24, 2.45) is 0 Å². The Labute approximate surface area is 192 Å². The summed E-state index contributed by atoms with van der Waals surface area (Å²) in [6, 6.07) is 15.4. The zero-order chi connectivity index (χ0) is 23.4.